The van der Waals surface area contributed by atoms with Gasteiger partial charge in [0.05, 0.1) is 19.0 Å². The van der Waals surface area contributed by atoms with Gasteiger partial charge in [0.2, 0.25) is 11.8 Å². The topological polar surface area (TPSA) is 139 Å². The van der Waals surface area contributed by atoms with Crippen LogP contribution >= 0.6 is 0 Å². The lowest BCUT2D eigenvalue weighted by molar-refractivity contribution is -0.126. The Morgan fingerprint density at radius 2 is 1.72 bits per heavy atom. The molecule has 2 unspecified atom stereocenters. The van der Waals surface area contributed by atoms with Crippen LogP contribution < -0.4 is 16.8 Å². The van der Waals surface area contributed by atoms with Gasteiger partial charge in [0.15, 0.2) is 0 Å². The molecule has 2 atom stereocenters. The van der Waals surface area contributed by atoms with Gasteiger partial charge in [-0.25, -0.2) is 4.79 Å². The Morgan fingerprint density at radius 3 is 2.20 bits per heavy atom. The standard InChI is InChI=1S/C17H26N4O4/c1-11(2)9-21(10-14(22)16(19)24)17(25)20-13(8-15(18)23)12-6-4-3-5-7-12/h3-7,11,13-14,22H,8-10H2,1-2H3,(H2,18,23)(H2,19,24)(H,20,25). The molecule has 0 bridgehead atoms. The highest BCUT2D eigenvalue weighted by Gasteiger charge is 2.24. The first-order chi connectivity index (χ1) is 11.7. The third-order valence-corrected chi connectivity index (χ3v) is 3.50. The van der Waals surface area contributed by atoms with E-state index in [1.165, 1.54) is 4.90 Å². The van der Waals surface area contributed by atoms with Gasteiger partial charge in [0.1, 0.15) is 6.10 Å². The summed E-state index contributed by atoms with van der Waals surface area (Å²) in [6, 6.07) is 7.84. The fourth-order valence-electron chi connectivity index (χ4n) is 2.36. The molecular weight excluding hydrogens is 324 g/mol. The fourth-order valence-corrected chi connectivity index (χ4v) is 2.36. The number of hydrogen-bond acceptors (Lipinski definition) is 4. The summed E-state index contributed by atoms with van der Waals surface area (Å²) < 4.78 is 0. The largest absolute Gasteiger partial charge is 0.381 e. The SMILES string of the molecule is CC(C)CN(CC(O)C(N)=O)C(=O)NC(CC(N)=O)c1ccccc1. The third-order valence-electron chi connectivity index (χ3n) is 3.50. The van der Waals surface area contributed by atoms with Crippen molar-refractivity contribution in [2.45, 2.75) is 32.4 Å². The van der Waals surface area contributed by atoms with Crippen LogP contribution in [0.15, 0.2) is 30.3 Å². The lowest BCUT2D eigenvalue weighted by Crippen LogP contribution is -2.49. The van der Waals surface area contributed by atoms with E-state index in [2.05, 4.69) is 5.32 Å². The van der Waals surface area contributed by atoms with Crippen LogP contribution in [0.25, 0.3) is 0 Å². The summed E-state index contributed by atoms with van der Waals surface area (Å²) in [5, 5.41) is 12.4. The van der Waals surface area contributed by atoms with Crippen molar-refractivity contribution in [1.82, 2.24) is 10.2 Å². The number of nitrogens with two attached hydrogens (primary N) is 2. The zero-order valence-electron chi connectivity index (χ0n) is 14.5. The van der Waals surface area contributed by atoms with Crippen LogP contribution in [0, 0.1) is 5.92 Å². The quantitative estimate of drug-likeness (QED) is 0.502. The molecule has 1 aromatic rings. The smallest absolute Gasteiger partial charge is 0.318 e. The Labute approximate surface area is 147 Å². The summed E-state index contributed by atoms with van der Waals surface area (Å²) in [5.74, 6) is -1.35. The number of aliphatic hydroxyl groups is 1. The molecule has 0 saturated heterocycles. The third kappa shape index (κ3) is 7.21. The minimum Gasteiger partial charge on any atom is -0.381 e. The van der Waals surface area contributed by atoms with E-state index in [4.69, 9.17) is 11.5 Å². The van der Waals surface area contributed by atoms with Crippen LogP contribution in [-0.4, -0.2) is 47.0 Å². The molecule has 25 heavy (non-hydrogen) atoms. The van der Waals surface area contributed by atoms with Gasteiger partial charge in [-0.15, -0.1) is 0 Å². The fraction of sp³-hybridized carbons (Fsp3) is 0.471. The van der Waals surface area contributed by atoms with E-state index < -0.39 is 30.0 Å². The highest BCUT2D eigenvalue weighted by Crippen LogP contribution is 2.17. The van der Waals surface area contributed by atoms with Crippen molar-refractivity contribution < 1.29 is 19.5 Å². The molecule has 0 aliphatic rings. The zero-order valence-corrected chi connectivity index (χ0v) is 14.5. The van der Waals surface area contributed by atoms with E-state index in [0.717, 1.165) is 5.56 Å². The van der Waals surface area contributed by atoms with E-state index in [-0.39, 0.29) is 18.9 Å². The van der Waals surface area contributed by atoms with Gasteiger partial charge < -0.3 is 26.8 Å². The molecule has 8 nitrogen and oxygen atoms in total. The molecule has 8 heteroatoms. The average molecular weight is 350 g/mol. The number of urea groups is 1. The van der Waals surface area contributed by atoms with Crippen molar-refractivity contribution in [3.63, 3.8) is 0 Å². The Balaban J connectivity index is 2.92. The first-order valence-electron chi connectivity index (χ1n) is 8.06. The lowest BCUT2D eigenvalue weighted by atomic mass is 10.0. The maximum atomic E-state index is 12.6. The van der Waals surface area contributed by atoms with E-state index in [1.807, 2.05) is 19.9 Å². The van der Waals surface area contributed by atoms with Gasteiger partial charge in [0, 0.05) is 6.54 Å². The summed E-state index contributed by atoms with van der Waals surface area (Å²) in [7, 11) is 0. The van der Waals surface area contributed by atoms with Crippen molar-refractivity contribution in [2.24, 2.45) is 17.4 Å². The average Bonchev–Trinajstić information content (AvgIpc) is 2.53. The van der Waals surface area contributed by atoms with E-state index in [1.54, 1.807) is 24.3 Å². The summed E-state index contributed by atoms with van der Waals surface area (Å²) in [6.45, 7) is 3.88. The summed E-state index contributed by atoms with van der Waals surface area (Å²) >= 11 is 0. The number of carbonyl (C=O) groups excluding carboxylic acids is 3. The maximum Gasteiger partial charge on any atom is 0.318 e. The van der Waals surface area contributed by atoms with E-state index in [9.17, 15) is 19.5 Å². The van der Waals surface area contributed by atoms with Crippen molar-refractivity contribution >= 4 is 17.8 Å². The molecular formula is C17H26N4O4. The molecule has 0 spiro atoms. The number of hydrogen-bond donors (Lipinski definition) is 4. The molecule has 1 aromatic carbocycles. The molecule has 0 aliphatic heterocycles. The molecule has 4 amide bonds. The number of amides is 4. The summed E-state index contributed by atoms with van der Waals surface area (Å²) in [5.41, 5.74) is 11.1. The second kappa shape index (κ2) is 9.63. The predicted molar refractivity (Wildman–Crippen MR) is 93.1 cm³/mol. The Bertz CT molecular complexity index is 592. The summed E-state index contributed by atoms with van der Waals surface area (Å²) in [4.78, 5) is 36.3. The zero-order chi connectivity index (χ0) is 19.0. The second-order valence-corrected chi connectivity index (χ2v) is 6.30. The molecule has 0 fully saturated rings. The van der Waals surface area contributed by atoms with Crippen molar-refractivity contribution in [1.29, 1.82) is 0 Å². The van der Waals surface area contributed by atoms with Gasteiger partial charge in [-0.05, 0) is 11.5 Å². The number of nitrogens with one attached hydrogen (secondary N) is 1. The number of carbonyl (C=O) groups is 3. The van der Waals surface area contributed by atoms with Crippen molar-refractivity contribution in [2.75, 3.05) is 13.1 Å². The number of aliphatic hydroxyl groups excluding tert-OH is 1. The maximum absolute atomic E-state index is 12.6. The Hall–Kier alpha value is -2.61. The highest BCUT2D eigenvalue weighted by atomic mass is 16.3. The van der Waals surface area contributed by atoms with Gasteiger partial charge in [-0.2, -0.15) is 0 Å². The molecule has 0 saturated carbocycles. The van der Waals surface area contributed by atoms with Crippen LogP contribution in [0.2, 0.25) is 0 Å². The van der Waals surface area contributed by atoms with Crippen molar-refractivity contribution in [3.05, 3.63) is 35.9 Å². The number of rotatable bonds is 9. The molecule has 0 aromatic heterocycles. The van der Waals surface area contributed by atoms with Gasteiger partial charge in [-0.3, -0.25) is 9.59 Å². The number of benzene rings is 1. The second-order valence-electron chi connectivity index (χ2n) is 6.30. The van der Waals surface area contributed by atoms with Crippen LogP contribution in [0.3, 0.4) is 0 Å². The summed E-state index contributed by atoms with van der Waals surface area (Å²) in [6.07, 6.45) is -1.53. The number of nitrogens with zero attached hydrogens (tertiary/aromatic N) is 1. The van der Waals surface area contributed by atoms with Gasteiger partial charge >= 0.3 is 6.03 Å². The molecule has 6 N–H and O–H groups in total. The predicted octanol–water partition coefficient (Wildman–Crippen LogP) is 0.117. The van der Waals surface area contributed by atoms with E-state index >= 15 is 0 Å². The van der Waals surface area contributed by atoms with Crippen LogP contribution in [0.4, 0.5) is 4.79 Å². The van der Waals surface area contributed by atoms with Crippen LogP contribution in [0.5, 0.6) is 0 Å². The number of primary amides is 2. The molecule has 1 rings (SSSR count). The van der Waals surface area contributed by atoms with Crippen LogP contribution in [-0.2, 0) is 9.59 Å². The van der Waals surface area contributed by atoms with E-state index in [0.29, 0.717) is 6.54 Å². The molecule has 0 heterocycles. The van der Waals surface area contributed by atoms with Crippen LogP contribution in [0.1, 0.15) is 31.9 Å². The molecule has 0 radical (unpaired) electrons. The lowest BCUT2D eigenvalue weighted by Gasteiger charge is -2.28. The first kappa shape index (κ1) is 20.4. The normalized spacial score (nSPS) is 13.1. The molecule has 138 valence electrons. The van der Waals surface area contributed by atoms with Gasteiger partial charge in [0.25, 0.3) is 0 Å². The highest BCUT2D eigenvalue weighted by molar-refractivity contribution is 5.81. The first-order valence-corrected chi connectivity index (χ1v) is 8.06. The van der Waals surface area contributed by atoms with Crippen molar-refractivity contribution in [3.8, 4) is 0 Å². The Kier molecular flexibility index (Phi) is 7.87. The van der Waals surface area contributed by atoms with Gasteiger partial charge in [-0.1, -0.05) is 44.2 Å². The minimum atomic E-state index is -1.46. The Morgan fingerprint density at radius 1 is 1.12 bits per heavy atom. The minimum absolute atomic E-state index is 0.0658. The monoisotopic (exact) mass is 350 g/mol. The molecule has 0 aliphatic carbocycles.